The molecule has 0 aliphatic carbocycles. The average Bonchev–Trinajstić information content (AvgIpc) is 2.47. The van der Waals surface area contributed by atoms with Gasteiger partial charge in [-0.2, -0.15) is 0 Å². The van der Waals surface area contributed by atoms with E-state index in [1.165, 1.54) is 5.56 Å². The maximum absolute atomic E-state index is 12.7. The van der Waals surface area contributed by atoms with Crippen molar-refractivity contribution in [1.29, 1.82) is 0 Å². The number of amides is 1. The molecule has 1 fully saturated rings. The summed E-state index contributed by atoms with van der Waals surface area (Å²) >= 11 is 0. The van der Waals surface area contributed by atoms with E-state index < -0.39 is 0 Å². The molecule has 0 bridgehead atoms. The summed E-state index contributed by atoms with van der Waals surface area (Å²) in [7, 11) is 4.10. The number of benzene rings is 1. The molecule has 0 unspecified atom stereocenters. The van der Waals surface area contributed by atoms with E-state index in [1.54, 1.807) is 0 Å². The molecule has 21 heavy (non-hydrogen) atoms. The maximum Gasteiger partial charge on any atom is 0.230 e. The van der Waals surface area contributed by atoms with E-state index in [-0.39, 0.29) is 11.3 Å². The van der Waals surface area contributed by atoms with E-state index in [9.17, 15) is 4.79 Å². The smallest absolute Gasteiger partial charge is 0.230 e. The summed E-state index contributed by atoms with van der Waals surface area (Å²) in [6.45, 7) is 4.86. The Balaban J connectivity index is 2.07. The second kappa shape index (κ2) is 7.05. The molecule has 0 atom stereocenters. The van der Waals surface area contributed by atoms with Crippen LogP contribution in [0.3, 0.4) is 0 Å². The van der Waals surface area contributed by atoms with Crippen LogP contribution in [0.4, 0.5) is 5.69 Å². The van der Waals surface area contributed by atoms with Gasteiger partial charge in [-0.15, -0.1) is 0 Å². The molecule has 4 heteroatoms. The first kappa shape index (κ1) is 16.0. The van der Waals surface area contributed by atoms with Gasteiger partial charge in [-0.25, -0.2) is 0 Å². The van der Waals surface area contributed by atoms with Gasteiger partial charge in [0.2, 0.25) is 5.91 Å². The minimum atomic E-state index is -0.206. The zero-order chi connectivity index (χ0) is 15.3. The van der Waals surface area contributed by atoms with Crippen LogP contribution in [0.2, 0.25) is 0 Å². The number of nitrogens with one attached hydrogen (secondary N) is 2. The molecule has 1 saturated heterocycles. The summed E-state index contributed by atoms with van der Waals surface area (Å²) in [6, 6.07) is 8.15. The molecule has 0 spiro atoms. The summed E-state index contributed by atoms with van der Waals surface area (Å²) in [5, 5.41) is 6.47. The number of piperidine rings is 1. The summed E-state index contributed by atoms with van der Waals surface area (Å²) < 4.78 is 0. The van der Waals surface area contributed by atoms with Gasteiger partial charge in [0, 0.05) is 12.2 Å². The molecule has 116 valence electrons. The Morgan fingerprint density at radius 2 is 2.05 bits per heavy atom. The molecule has 1 aromatic rings. The fourth-order valence-corrected chi connectivity index (χ4v) is 3.02. The topological polar surface area (TPSA) is 44.4 Å². The molecule has 4 nitrogen and oxygen atoms in total. The van der Waals surface area contributed by atoms with Crippen molar-refractivity contribution in [2.75, 3.05) is 32.5 Å². The molecule has 1 amide bonds. The monoisotopic (exact) mass is 289 g/mol. The van der Waals surface area contributed by atoms with Gasteiger partial charge in [0.15, 0.2) is 0 Å². The summed E-state index contributed by atoms with van der Waals surface area (Å²) in [4.78, 5) is 14.8. The van der Waals surface area contributed by atoms with Crippen LogP contribution < -0.4 is 10.6 Å². The van der Waals surface area contributed by atoms with Crippen LogP contribution in [-0.4, -0.2) is 38.0 Å². The first-order valence-corrected chi connectivity index (χ1v) is 7.81. The highest BCUT2D eigenvalue weighted by Gasteiger charge is 2.37. The minimum Gasteiger partial charge on any atom is -0.326 e. The minimum absolute atomic E-state index is 0.175. The molecule has 1 heterocycles. The Morgan fingerprint density at radius 3 is 2.67 bits per heavy atom. The zero-order valence-corrected chi connectivity index (χ0v) is 13.4. The third kappa shape index (κ3) is 4.05. The molecular weight excluding hydrogens is 262 g/mol. The maximum atomic E-state index is 12.7. The van der Waals surface area contributed by atoms with E-state index in [0.29, 0.717) is 0 Å². The van der Waals surface area contributed by atoms with Crippen LogP contribution in [0, 0.1) is 5.41 Å². The number of rotatable bonds is 5. The van der Waals surface area contributed by atoms with Crippen LogP contribution in [-0.2, 0) is 11.3 Å². The van der Waals surface area contributed by atoms with Crippen molar-refractivity contribution in [3.8, 4) is 0 Å². The fourth-order valence-electron chi connectivity index (χ4n) is 3.02. The first-order chi connectivity index (χ1) is 10.1. The molecule has 0 saturated carbocycles. The van der Waals surface area contributed by atoms with Crippen LogP contribution in [0.15, 0.2) is 24.3 Å². The SMILES string of the molecule is CCC1(C(=O)Nc2cccc(CN(C)C)c2)CCNCC1. The Kier molecular flexibility index (Phi) is 5.37. The largest absolute Gasteiger partial charge is 0.326 e. The van der Waals surface area contributed by atoms with Crippen LogP contribution in [0.5, 0.6) is 0 Å². The lowest BCUT2D eigenvalue weighted by molar-refractivity contribution is -0.127. The van der Waals surface area contributed by atoms with Gasteiger partial charge < -0.3 is 15.5 Å². The van der Waals surface area contributed by atoms with E-state index in [2.05, 4.69) is 34.6 Å². The van der Waals surface area contributed by atoms with Gasteiger partial charge in [-0.1, -0.05) is 19.1 Å². The summed E-state index contributed by atoms with van der Waals surface area (Å²) in [5.41, 5.74) is 1.92. The highest BCUT2D eigenvalue weighted by molar-refractivity contribution is 5.95. The first-order valence-electron chi connectivity index (χ1n) is 7.81. The predicted octanol–water partition coefficient (Wildman–Crippen LogP) is 2.47. The van der Waals surface area contributed by atoms with E-state index in [4.69, 9.17) is 0 Å². The van der Waals surface area contributed by atoms with Gasteiger partial charge in [-0.3, -0.25) is 4.79 Å². The van der Waals surface area contributed by atoms with Crippen LogP contribution >= 0.6 is 0 Å². The predicted molar refractivity (Wildman–Crippen MR) is 87.3 cm³/mol. The number of anilines is 1. The van der Waals surface area contributed by atoms with Gasteiger partial charge in [0.25, 0.3) is 0 Å². The number of carbonyl (C=O) groups is 1. The van der Waals surface area contributed by atoms with E-state index in [1.807, 2.05) is 26.2 Å². The lowest BCUT2D eigenvalue weighted by atomic mass is 9.76. The summed E-state index contributed by atoms with van der Waals surface area (Å²) in [6.07, 6.45) is 2.75. The molecule has 1 aromatic carbocycles. The normalized spacial score (nSPS) is 17.7. The van der Waals surface area contributed by atoms with Gasteiger partial charge in [0.1, 0.15) is 0 Å². The second-order valence-corrected chi connectivity index (χ2v) is 6.28. The van der Waals surface area contributed by atoms with Crippen molar-refractivity contribution in [1.82, 2.24) is 10.2 Å². The van der Waals surface area contributed by atoms with E-state index in [0.717, 1.165) is 44.6 Å². The highest BCUT2D eigenvalue weighted by atomic mass is 16.2. The Bertz CT molecular complexity index is 479. The number of nitrogens with zero attached hydrogens (tertiary/aromatic N) is 1. The molecule has 1 aliphatic heterocycles. The fraction of sp³-hybridized carbons (Fsp3) is 0.588. The number of carbonyl (C=O) groups excluding carboxylic acids is 1. The third-order valence-corrected chi connectivity index (χ3v) is 4.40. The molecule has 2 N–H and O–H groups in total. The third-order valence-electron chi connectivity index (χ3n) is 4.40. The van der Waals surface area contributed by atoms with Crippen molar-refractivity contribution in [2.24, 2.45) is 5.41 Å². The molecular formula is C17H27N3O. The lowest BCUT2D eigenvalue weighted by Crippen LogP contribution is -2.44. The quantitative estimate of drug-likeness (QED) is 0.875. The lowest BCUT2D eigenvalue weighted by Gasteiger charge is -2.35. The molecule has 2 rings (SSSR count). The number of hydrogen-bond acceptors (Lipinski definition) is 3. The molecule has 0 aromatic heterocycles. The van der Waals surface area contributed by atoms with Crippen LogP contribution in [0.25, 0.3) is 0 Å². The molecule has 1 aliphatic rings. The van der Waals surface area contributed by atoms with Gasteiger partial charge in [0.05, 0.1) is 5.41 Å². The highest BCUT2D eigenvalue weighted by Crippen LogP contribution is 2.34. The Hall–Kier alpha value is -1.39. The number of hydrogen-bond donors (Lipinski definition) is 2. The van der Waals surface area contributed by atoms with Crippen molar-refractivity contribution in [3.05, 3.63) is 29.8 Å². The Labute approximate surface area is 127 Å². The van der Waals surface area contributed by atoms with Crippen LogP contribution in [0.1, 0.15) is 31.7 Å². The standard InChI is InChI=1S/C17H27N3O/c1-4-17(8-10-18-11-9-17)16(21)19-15-7-5-6-14(12-15)13-20(2)3/h5-7,12,18H,4,8-11,13H2,1-3H3,(H,19,21). The van der Waals surface area contributed by atoms with Crippen molar-refractivity contribution >= 4 is 11.6 Å². The average molecular weight is 289 g/mol. The molecule has 0 radical (unpaired) electrons. The van der Waals surface area contributed by atoms with Crippen molar-refractivity contribution in [3.63, 3.8) is 0 Å². The van der Waals surface area contributed by atoms with Crippen molar-refractivity contribution in [2.45, 2.75) is 32.7 Å². The Morgan fingerprint density at radius 1 is 1.33 bits per heavy atom. The zero-order valence-electron chi connectivity index (χ0n) is 13.4. The van der Waals surface area contributed by atoms with E-state index >= 15 is 0 Å². The summed E-state index contributed by atoms with van der Waals surface area (Å²) in [5.74, 6) is 0.175. The van der Waals surface area contributed by atoms with Gasteiger partial charge in [-0.05, 0) is 64.1 Å². The van der Waals surface area contributed by atoms with Gasteiger partial charge >= 0.3 is 0 Å². The van der Waals surface area contributed by atoms with Crippen molar-refractivity contribution < 1.29 is 4.79 Å². The second-order valence-electron chi connectivity index (χ2n) is 6.28.